The summed E-state index contributed by atoms with van der Waals surface area (Å²) >= 11 is 0. The molecule has 0 bridgehead atoms. The van der Waals surface area contributed by atoms with Gasteiger partial charge in [0.2, 0.25) is 10.0 Å². The zero-order chi connectivity index (χ0) is 20.7. The van der Waals surface area contributed by atoms with E-state index < -0.39 is 22.0 Å². The van der Waals surface area contributed by atoms with Gasteiger partial charge in [-0.15, -0.1) is 0 Å². The van der Waals surface area contributed by atoms with Crippen molar-refractivity contribution in [2.24, 2.45) is 5.92 Å². The van der Waals surface area contributed by atoms with Crippen LogP contribution >= 0.6 is 0 Å². The second-order valence-corrected chi connectivity index (χ2v) is 9.61. The van der Waals surface area contributed by atoms with Crippen LogP contribution in [0, 0.1) is 5.92 Å². The Morgan fingerprint density at radius 2 is 1.69 bits per heavy atom. The molecule has 1 fully saturated rings. The average Bonchev–Trinajstić information content (AvgIpc) is 2.73. The largest absolute Gasteiger partial charge is 0.480 e. The first-order valence-electron chi connectivity index (χ1n) is 10.3. The summed E-state index contributed by atoms with van der Waals surface area (Å²) < 4.78 is 28.0. The summed E-state index contributed by atoms with van der Waals surface area (Å²) in [7, 11) is -3.92. The summed E-state index contributed by atoms with van der Waals surface area (Å²) in [5, 5.41) is 9.50. The van der Waals surface area contributed by atoms with Crippen LogP contribution in [0.25, 0.3) is 0 Å². The van der Waals surface area contributed by atoms with Gasteiger partial charge in [-0.25, -0.2) is 8.42 Å². The molecule has 2 aromatic carbocycles. The Bertz CT molecular complexity index is 905. The second kappa shape index (κ2) is 10.0. The second-order valence-electron chi connectivity index (χ2n) is 7.89. The lowest BCUT2D eigenvalue weighted by atomic mass is 9.85. The number of hydrogen-bond acceptors (Lipinski definition) is 3. The van der Waals surface area contributed by atoms with Crippen molar-refractivity contribution >= 4 is 16.0 Å². The van der Waals surface area contributed by atoms with Crippen LogP contribution in [-0.2, 0) is 27.7 Å². The van der Waals surface area contributed by atoms with E-state index in [0.29, 0.717) is 0 Å². The van der Waals surface area contributed by atoms with Crippen molar-refractivity contribution in [1.29, 1.82) is 0 Å². The smallest absolute Gasteiger partial charge is 0.322 e. The molecule has 29 heavy (non-hydrogen) atoms. The molecule has 0 aromatic heterocycles. The molecule has 0 radical (unpaired) electrons. The molecule has 0 spiro atoms. The lowest BCUT2D eigenvalue weighted by Gasteiger charge is -2.21. The van der Waals surface area contributed by atoms with Gasteiger partial charge in [0, 0.05) is 0 Å². The average molecular weight is 416 g/mol. The molecule has 6 heteroatoms. The molecule has 1 aliphatic rings. The Labute approximate surface area is 173 Å². The lowest BCUT2D eigenvalue weighted by Crippen LogP contribution is -2.42. The number of aliphatic carboxylic acids is 1. The highest BCUT2D eigenvalue weighted by molar-refractivity contribution is 7.89. The van der Waals surface area contributed by atoms with E-state index in [2.05, 4.69) is 4.72 Å². The minimum atomic E-state index is -3.92. The van der Waals surface area contributed by atoms with Gasteiger partial charge in [-0.3, -0.25) is 4.79 Å². The van der Waals surface area contributed by atoms with Crippen LogP contribution < -0.4 is 4.72 Å². The fourth-order valence-electron chi connectivity index (χ4n) is 4.00. The molecule has 0 saturated heterocycles. The third kappa shape index (κ3) is 6.41. The van der Waals surface area contributed by atoms with Crippen molar-refractivity contribution < 1.29 is 18.3 Å². The van der Waals surface area contributed by atoms with Crippen LogP contribution in [0.2, 0.25) is 0 Å². The summed E-state index contributed by atoms with van der Waals surface area (Å²) in [4.78, 5) is 11.8. The molecule has 0 unspecified atom stereocenters. The van der Waals surface area contributed by atoms with Gasteiger partial charge in [-0.05, 0) is 48.4 Å². The summed E-state index contributed by atoms with van der Waals surface area (Å²) in [5.41, 5.74) is 1.75. The molecule has 0 heterocycles. The number of hydrogen-bond donors (Lipinski definition) is 2. The van der Waals surface area contributed by atoms with E-state index in [9.17, 15) is 18.3 Å². The van der Waals surface area contributed by atoms with E-state index in [0.717, 1.165) is 29.9 Å². The molecule has 0 amide bonds. The maximum absolute atomic E-state index is 12.8. The molecule has 156 valence electrons. The third-order valence-electron chi connectivity index (χ3n) is 5.65. The fraction of sp³-hybridized carbons (Fsp3) is 0.435. The van der Waals surface area contributed by atoms with E-state index in [1.165, 1.54) is 38.2 Å². The van der Waals surface area contributed by atoms with Gasteiger partial charge in [0.15, 0.2) is 0 Å². The Kier molecular flexibility index (Phi) is 7.45. The van der Waals surface area contributed by atoms with Crippen molar-refractivity contribution in [3.8, 4) is 0 Å². The van der Waals surface area contributed by atoms with E-state index in [4.69, 9.17) is 0 Å². The standard InChI is InChI=1S/C23H29NO4S/c25-23(26)22(17-19-10-5-2-6-11-19)24-29(27,28)21-13-7-12-20(16-21)15-14-18-8-3-1-4-9-18/h2,5-7,10-13,16,18,22,24H,1,3-4,8-9,14-15,17H2,(H,25,26)/t22-/m0/s1. The number of rotatable bonds is 9. The number of carboxylic acid groups (broad SMARTS) is 1. The van der Waals surface area contributed by atoms with E-state index in [-0.39, 0.29) is 11.3 Å². The molecule has 0 aliphatic heterocycles. The Morgan fingerprint density at radius 3 is 2.38 bits per heavy atom. The summed E-state index contributed by atoms with van der Waals surface area (Å²) in [6.07, 6.45) is 8.45. The van der Waals surface area contributed by atoms with Gasteiger partial charge in [0.1, 0.15) is 6.04 Å². The first-order valence-corrected chi connectivity index (χ1v) is 11.8. The zero-order valence-electron chi connectivity index (χ0n) is 16.6. The predicted octanol–water partition coefficient (Wildman–Crippen LogP) is 4.17. The molecule has 1 atom stereocenters. The highest BCUT2D eigenvalue weighted by Gasteiger charge is 2.26. The minimum absolute atomic E-state index is 0.0940. The number of sulfonamides is 1. The number of aryl methyl sites for hydroxylation is 1. The Morgan fingerprint density at radius 1 is 1.00 bits per heavy atom. The highest BCUT2D eigenvalue weighted by Crippen LogP contribution is 2.27. The van der Waals surface area contributed by atoms with Crippen LogP contribution in [0.1, 0.15) is 49.7 Å². The zero-order valence-corrected chi connectivity index (χ0v) is 17.4. The fourth-order valence-corrected chi connectivity index (χ4v) is 5.26. The highest BCUT2D eigenvalue weighted by atomic mass is 32.2. The minimum Gasteiger partial charge on any atom is -0.480 e. The molecule has 3 rings (SSSR count). The molecule has 1 saturated carbocycles. The van der Waals surface area contributed by atoms with Crippen molar-refractivity contribution in [1.82, 2.24) is 4.72 Å². The third-order valence-corrected chi connectivity index (χ3v) is 7.12. The normalized spacial score (nSPS) is 16.4. The van der Waals surface area contributed by atoms with Crippen LogP contribution in [0.15, 0.2) is 59.5 Å². The SMILES string of the molecule is O=C(O)[C@H](Cc1ccccc1)NS(=O)(=O)c1cccc(CCC2CCCCC2)c1. The quantitative estimate of drug-likeness (QED) is 0.644. The van der Waals surface area contributed by atoms with Gasteiger partial charge < -0.3 is 5.11 Å². The van der Waals surface area contributed by atoms with Crippen LogP contribution in [-0.4, -0.2) is 25.5 Å². The van der Waals surface area contributed by atoms with Crippen molar-refractivity contribution in [2.75, 3.05) is 0 Å². The number of benzene rings is 2. The van der Waals surface area contributed by atoms with Gasteiger partial charge >= 0.3 is 5.97 Å². The molecule has 1 aliphatic carbocycles. The van der Waals surface area contributed by atoms with Crippen molar-refractivity contribution in [2.45, 2.75) is 62.3 Å². The molecule has 2 aromatic rings. The first kappa shape index (κ1) is 21.5. The first-order chi connectivity index (χ1) is 13.9. The van der Waals surface area contributed by atoms with Gasteiger partial charge in [0.25, 0.3) is 0 Å². The van der Waals surface area contributed by atoms with Crippen LogP contribution in [0.3, 0.4) is 0 Å². The topological polar surface area (TPSA) is 83.5 Å². The van der Waals surface area contributed by atoms with Crippen LogP contribution in [0.5, 0.6) is 0 Å². The van der Waals surface area contributed by atoms with Crippen molar-refractivity contribution in [3.63, 3.8) is 0 Å². The lowest BCUT2D eigenvalue weighted by molar-refractivity contribution is -0.138. The van der Waals surface area contributed by atoms with Gasteiger partial charge in [-0.1, -0.05) is 74.6 Å². The van der Waals surface area contributed by atoms with Gasteiger partial charge in [-0.2, -0.15) is 4.72 Å². The van der Waals surface area contributed by atoms with Crippen molar-refractivity contribution in [3.05, 3.63) is 65.7 Å². The summed E-state index contributed by atoms with van der Waals surface area (Å²) in [6.45, 7) is 0. The predicted molar refractivity (Wildman–Crippen MR) is 113 cm³/mol. The monoisotopic (exact) mass is 415 g/mol. The summed E-state index contributed by atoms with van der Waals surface area (Å²) in [5.74, 6) is -0.463. The maximum Gasteiger partial charge on any atom is 0.322 e. The summed E-state index contributed by atoms with van der Waals surface area (Å²) in [6, 6.07) is 14.7. The number of carboxylic acids is 1. The number of carbonyl (C=O) groups is 1. The Balaban J connectivity index is 1.68. The van der Waals surface area contributed by atoms with E-state index in [1.54, 1.807) is 36.4 Å². The van der Waals surface area contributed by atoms with Gasteiger partial charge in [0.05, 0.1) is 4.90 Å². The Hall–Kier alpha value is -2.18. The van der Waals surface area contributed by atoms with Crippen LogP contribution in [0.4, 0.5) is 0 Å². The van der Waals surface area contributed by atoms with E-state index in [1.807, 2.05) is 12.1 Å². The molecular weight excluding hydrogens is 386 g/mol. The number of nitrogens with one attached hydrogen (secondary N) is 1. The molecule has 2 N–H and O–H groups in total. The maximum atomic E-state index is 12.8. The van der Waals surface area contributed by atoms with E-state index >= 15 is 0 Å². The molecular formula is C23H29NO4S. The molecule has 5 nitrogen and oxygen atoms in total.